The Bertz CT molecular complexity index is 1200. The minimum absolute atomic E-state index is 0.145. The molecule has 0 aromatic carbocycles. The minimum atomic E-state index is -4.58. The Hall–Kier alpha value is -2.80. The van der Waals surface area contributed by atoms with Gasteiger partial charge in [-0.2, -0.15) is 13.2 Å². The van der Waals surface area contributed by atoms with Crippen molar-refractivity contribution in [3.63, 3.8) is 0 Å². The standard InChI is InChI=1S/C18H20F3N7O2S/c1-31(29,30)26-12-3-2-7-27(8-5-12)15-4-6-22-17(25-15)13-9-24-16-10-23-14(11-28(13)16)18(19,20)21/h4,6,9-12,26H,2-3,5,7-8H2,1H3. The lowest BCUT2D eigenvalue weighted by Gasteiger charge is -2.22. The van der Waals surface area contributed by atoms with Crippen LogP contribution in [0.25, 0.3) is 17.2 Å². The smallest absolute Gasteiger partial charge is 0.356 e. The Balaban J connectivity index is 1.60. The van der Waals surface area contributed by atoms with Gasteiger partial charge in [0.1, 0.15) is 11.5 Å². The number of anilines is 1. The molecule has 1 aliphatic rings. The molecule has 9 nitrogen and oxygen atoms in total. The number of fused-ring (bicyclic) bond motifs is 1. The predicted octanol–water partition coefficient (Wildman–Crippen LogP) is 2.11. The van der Waals surface area contributed by atoms with E-state index >= 15 is 0 Å². The van der Waals surface area contributed by atoms with Crippen molar-refractivity contribution in [3.05, 3.63) is 36.5 Å². The Morgan fingerprint density at radius 3 is 2.68 bits per heavy atom. The highest BCUT2D eigenvalue weighted by Gasteiger charge is 2.33. The van der Waals surface area contributed by atoms with Gasteiger partial charge < -0.3 is 4.90 Å². The molecule has 4 heterocycles. The molecule has 13 heteroatoms. The molecule has 3 aromatic heterocycles. The maximum atomic E-state index is 13.1. The summed E-state index contributed by atoms with van der Waals surface area (Å²) in [7, 11) is -3.28. The third-order valence-corrected chi connectivity index (χ3v) is 5.75. The molecule has 0 spiro atoms. The van der Waals surface area contributed by atoms with Gasteiger partial charge in [0.2, 0.25) is 10.0 Å². The zero-order valence-electron chi connectivity index (χ0n) is 16.5. The van der Waals surface area contributed by atoms with Crippen LogP contribution in [0.5, 0.6) is 0 Å². The summed E-state index contributed by atoms with van der Waals surface area (Å²) in [5.74, 6) is 0.851. The zero-order valence-corrected chi connectivity index (χ0v) is 17.4. The van der Waals surface area contributed by atoms with E-state index in [2.05, 4.69) is 24.7 Å². The number of halogens is 3. The van der Waals surface area contributed by atoms with Crippen LogP contribution in [0, 0.1) is 0 Å². The number of sulfonamides is 1. The lowest BCUT2D eigenvalue weighted by molar-refractivity contribution is -0.141. The summed E-state index contributed by atoms with van der Waals surface area (Å²) in [6, 6.07) is 1.58. The van der Waals surface area contributed by atoms with E-state index in [0.29, 0.717) is 37.4 Å². The molecule has 1 N–H and O–H groups in total. The van der Waals surface area contributed by atoms with Crippen LogP contribution in [-0.2, 0) is 16.2 Å². The second kappa shape index (κ2) is 8.04. The van der Waals surface area contributed by atoms with E-state index in [0.717, 1.165) is 25.1 Å². The molecule has 1 saturated heterocycles. The molecule has 3 aromatic rings. The predicted molar refractivity (Wildman–Crippen MR) is 107 cm³/mol. The molecule has 0 saturated carbocycles. The van der Waals surface area contributed by atoms with Gasteiger partial charge in [0, 0.05) is 31.5 Å². The Morgan fingerprint density at radius 2 is 1.94 bits per heavy atom. The highest BCUT2D eigenvalue weighted by Crippen LogP contribution is 2.29. The number of aromatic nitrogens is 5. The minimum Gasteiger partial charge on any atom is -0.356 e. The fourth-order valence-corrected chi connectivity index (χ4v) is 4.44. The van der Waals surface area contributed by atoms with Gasteiger partial charge in [0.25, 0.3) is 0 Å². The largest absolute Gasteiger partial charge is 0.434 e. The number of alkyl halides is 3. The number of nitrogens with one attached hydrogen (secondary N) is 1. The zero-order chi connectivity index (χ0) is 22.2. The molecule has 1 atom stereocenters. The lowest BCUT2D eigenvalue weighted by atomic mass is 10.1. The van der Waals surface area contributed by atoms with E-state index in [9.17, 15) is 21.6 Å². The van der Waals surface area contributed by atoms with E-state index < -0.39 is 21.9 Å². The van der Waals surface area contributed by atoms with Crippen molar-refractivity contribution < 1.29 is 21.6 Å². The van der Waals surface area contributed by atoms with Crippen molar-refractivity contribution in [3.8, 4) is 11.5 Å². The van der Waals surface area contributed by atoms with Crippen molar-refractivity contribution in [2.24, 2.45) is 0 Å². The summed E-state index contributed by atoms with van der Waals surface area (Å²) in [4.78, 5) is 18.3. The van der Waals surface area contributed by atoms with Crippen LogP contribution in [0.3, 0.4) is 0 Å². The first-order valence-corrected chi connectivity index (χ1v) is 11.5. The molecule has 1 fully saturated rings. The number of hydrogen-bond donors (Lipinski definition) is 1. The molecule has 31 heavy (non-hydrogen) atoms. The van der Waals surface area contributed by atoms with E-state index in [1.54, 1.807) is 12.3 Å². The Morgan fingerprint density at radius 1 is 1.13 bits per heavy atom. The van der Waals surface area contributed by atoms with Gasteiger partial charge in [-0.15, -0.1) is 0 Å². The van der Waals surface area contributed by atoms with Crippen molar-refractivity contribution in [2.45, 2.75) is 31.5 Å². The Labute approximate surface area is 176 Å². The van der Waals surface area contributed by atoms with Crippen molar-refractivity contribution in [1.82, 2.24) is 29.1 Å². The molecule has 0 bridgehead atoms. The highest BCUT2D eigenvalue weighted by atomic mass is 32.2. The average Bonchev–Trinajstić information content (AvgIpc) is 2.98. The van der Waals surface area contributed by atoms with E-state index in [-0.39, 0.29) is 17.5 Å². The van der Waals surface area contributed by atoms with Gasteiger partial charge in [-0.1, -0.05) is 0 Å². The topological polar surface area (TPSA) is 105 Å². The molecule has 166 valence electrons. The molecule has 1 unspecified atom stereocenters. The third kappa shape index (κ3) is 4.93. The molecule has 4 rings (SSSR count). The first-order chi connectivity index (χ1) is 14.6. The van der Waals surface area contributed by atoms with Gasteiger partial charge in [-0.25, -0.2) is 33.1 Å². The van der Waals surface area contributed by atoms with Gasteiger partial charge in [-0.3, -0.25) is 4.40 Å². The van der Waals surface area contributed by atoms with Crippen molar-refractivity contribution in [2.75, 3.05) is 24.2 Å². The van der Waals surface area contributed by atoms with Gasteiger partial charge in [-0.05, 0) is 25.3 Å². The number of nitrogens with zero attached hydrogens (tertiary/aromatic N) is 6. The molecule has 1 aliphatic heterocycles. The molecule has 0 radical (unpaired) electrons. The first-order valence-electron chi connectivity index (χ1n) is 9.56. The lowest BCUT2D eigenvalue weighted by Crippen LogP contribution is -2.35. The van der Waals surface area contributed by atoms with Crippen LogP contribution < -0.4 is 9.62 Å². The van der Waals surface area contributed by atoms with E-state index in [4.69, 9.17) is 0 Å². The van der Waals surface area contributed by atoms with Crippen LogP contribution in [0.15, 0.2) is 30.9 Å². The van der Waals surface area contributed by atoms with E-state index in [1.807, 2.05) is 4.90 Å². The van der Waals surface area contributed by atoms with Gasteiger partial charge in [0.15, 0.2) is 17.2 Å². The maximum Gasteiger partial charge on any atom is 0.434 e. The fraction of sp³-hybridized carbons (Fsp3) is 0.444. The third-order valence-electron chi connectivity index (χ3n) is 4.99. The average molecular weight is 455 g/mol. The van der Waals surface area contributed by atoms with E-state index in [1.165, 1.54) is 10.6 Å². The summed E-state index contributed by atoms with van der Waals surface area (Å²) >= 11 is 0. The molecule has 0 amide bonds. The van der Waals surface area contributed by atoms with Gasteiger partial charge >= 0.3 is 6.18 Å². The number of rotatable bonds is 4. The summed E-state index contributed by atoms with van der Waals surface area (Å²) in [6.45, 7) is 1.26. The SMILES string of the molecule is CS(=O)(=O)NC1CCCN(c2ccnc(-c3cnc4cnc(C(F)(F)F)cn34)n2)CC1. The van der Waals surface area contributed by atoms with Crippen LogP contribution in [0.2, 0.25) is 0 Å². The van der Waals surface area contributed by atoms with Crippen molar-refractivity contribution in [1.29, 1.82) is 0 Å². The quantitative estimate of drug-likeness (QED) is 0.642. The van der Waals surface area contributed by atoms with Crippen LogP contribution >= 0.6 is 0 Å². The normalized spacial score (nSPS) is 18.3. The second-order valence-corrected chi connectivity index (χ2v) is 9.17. The maximum absolute atomic E-state index is 13.1. The fourth-order valence-electron chi connectivity index (χ4n) is 3.60. The van der Waals surface area contributed by atoms with Crippen LogP contribution in [0.1, 0.15) is 25.0 Å². The van der Waals surface area contributed by atoms with Crippen LogP contribution in [-0.4, -0.2) is 58.1 Å². The second-order valence-electron chi connectivity index (χ2n) is 7.39. The van der Waals surface area contributed by atoms with Crippen LogP contribution in [0.4, 0.5) is 19.0 Å². The molecular weight excluding hydrogens is 435 g/mol. The molecular formula is C18H20F3N7O2S. The first kappa shape index (κ1) is 21.4. The van der Waals surface area contributed by atoms with Crippen molar-refractivity contribution >= 4 is 21.5 Å². The molecule has 0 aliphatic carbocycles. The Kier molecular flexibility index (Phi) is 5.56. The van der Waals surface area contributed by atoms with Gasteiger partial charge in [0.05, 0.1) is 18.6 Å². The summed E-state index contributed by atoms with van der Waals surface area (Å²) < 4.78 is 66.1. The summed E-state index contributed by atoms with van der Waals surface area (Å²) in [5.41, 5.74) is -0.468. The summed E-state index contributed by atoms with van der Waals surface area (Å²) in [6.07, 6.45) is 3.53. The number of imidazole rings is 1. The monoisotopic (exact) mass is 455 g/mol. The highest BCUT2D eigenvalue weighted by molar-refractivity contribution is 7.88. The number of hydrogen-bond acceptors (Lipinski definition) is 7. The summed E-state index contributed by atoms with van der Waals surface area (Å²) in [5, 5.41) is 0.